The van der Waals surface area contributed by atoms with Crippen molar-refractivity contribution in [1.29, 1.82) is 0 Å². The Balaban J connectivity index is 1.93. The molecule has 2 rings (SSSR count). The minimum absolute atomic E-state index is 0.223. The van der Waals surface area contributed by atoms with Crippen molar-refractivity contribution in [2.24, 2.45) is 0 Å². The zero-order valence-corrected chi connectivity index (χ0v) is 11.6. The van der Waals surface area contributed by atoms with Crippen molar-refractivity contribution in [2.75, 3.05) is 5.32 Å². The van der Waals surface area contributed by atoms with E-state index in [0.717, 1.165) is 25.7 Å². The highest BCUT2D eigenvalue weighted by Gasteiger charge is 2.16. The Labute approximate surface area is 118 Å². The van der Waals surface area contributed by atoms with Gasteiger partial charge in [-0.1, -0.05) is 19.3 Å². The first-order chi connectivity index (χ1) is 9.56. The van der Waals surface area contributed by atoms with Crippen molar-refractivity contribution in [3.05, 3.63) is 29.3 Å². The van der Waals surface area contributed by atoms with Crippen LogP contribution in [0.3, 0.4) is 0 Å². The molecule has 0 unspecified atom stereocenters. The van der Waals surface area contributed by atoms with Gasteiger partial charge in [-0.2, -0.15) is 0 Å². The number of carboxylic acids is 1. The van der Waals surface area contributed by atoms with Crippen LogP contribution < -0.4 is 10.6 Å². The fourth-order valence-electron chi connectivity index (χ4n) is 2.58. The second-order valence-corrected chi connectivity index (χ2v) is 5.27. The van der Waals surface area contributed by atoms with Gasteiger partial charge in [0.25, 0.3) is 0 Å². The third-order valence-corrected chi connectivity index (χ3v) is 3.66. The highest BCUT2D eigenvalue weighted by Crippen LogP contribution is 2.18. The third-order valence-electron chi connectivity index (χ3n) is 3.66. The number of benzene rings is 1. The molecule has 0 bridgehead atoms. The molecule has 108 valence electrons. The molecule has 3 N–H and O–H groups in total. The normalized spacial score (nSPS) is 15.7. The SMILES string of the molecule is Cc1cc(NC(=O)NC2CCCCC2)ccc1C(=O)O. The zero-order chi connectivity index (χ0) is 14.5. The van der Waals surface area contributed by atoms with Gasteiger partial charge in [-0.05, 0) is 43.5 Å². The van der Waals surface area contributed by atoms with Gasteiger partial charge in [0.05, 0.1) is 5.56 Å². The Morgan fingerprint density at radius 2 is 1.90 bits per heavy atom. The minimum Gasteiger partial charge on any atom is -0.478 e. The molecule has 5 nitrogen and oxygen atoms in total. The molecular formula is C15H20N2O3. The first-order valence-corrected chi connectivity index (χ1v) is 6.98. The van der Waals surface area contributed by atoms with E-state index in [-0.39, 0.29) is 17.6 Å². The molecule has 20 heavy (non-hydrogen) atoms. The number of hydrogen-bond donors (Lipinski definition) is 3. The summed E-state index contributed by atoms with van der Waals surface area (Å²) in [7, 11) is 0. The monoisotopic (exact) mass is 276 g/mol. The fraction of sp³-hybridized carbons (Fsp3) is 0.467. The maximum absolute atomic E-state index is 11.9. The molecule has 0 heterocycles. The van der Waals surface area contributed by atoms with Crippen molar-refractivity contribution in [3.63, 3.8) is 0 Å². The summed E-state index contributed by atoms with van der Waals surface area (Å²) in [6, 6.07) is 4.82. The van der Waals surface area contributed by atoms with Crippen molar-refractivity contribution in [3.8, 4) is 0 Å². The van der Waals surface area contributed by atoms with Crippen LogP contribution in [-0.4, -0.2) is 23.1 Å². The lowest BCUT2D eigenvalue weighted by Gasteiger charge is -2.22. The van der Waals surface area contributed by atoms with Crippen LogP contribution in [-0.2, 0) is 0 Å². The molecule has 0 saturated heterocycles. The van der Waals surface area contributed by atoms with E-state index in [1.807, 2.05) is 0 Å². The predicted octanol–water partition coefficient (Wildman–Crippen LogP) is 3.15. The molecule has 0 aromatic heterocycles. The predicted molar refractivity (Wildman–Crippen MR) is 77.2 cm³/mol. The summed E-state index contributed by atoms with van der Waals surface area (Å²) in [6.45, 7) is 1.72. The molecule has 1 aromatic carbocycles. The van der Waals surface area contributed by atoms with Crippen molar-refractivity contribution in [1.82, 2.24) is 5.32 Å². The number of anilines is 1. The van der Waals surface area contributed by atoms with Crippen molar-refractivity contribution >= 4 is 17.7 Å². The first-order valence-electron chi connectivity index (χ1n) is 6.98. The molecule has 1 aliphatic rings. The Morgan fingerprint density at radius 1 is 1.20 bits per heavy atom. The number of hydrogen-bond acceptors (Lipinski definition) is 2. The number of nitrogens with one attached hydrogen (secondary N) is 2. The molecule has 0 spiro atoms. The number of carbonyl (C=O) groups is 2. The van der Waals surface area contributed by atoms with Gasteiger partial charge in [-0.15, -0.1) is 0 Å². The Bertz CT molecular complexity index is 508. The molecule has 1 aliphatic carbocycles. The second-order valence-electron chi connectivity index (χ2n) is 5.27. The molecule has 1 aromatic rings. The molecule has 1 saturated carbocycles. The number of aryl methyl sites for hydroxylation is 1. The van der Waals surface area contributed by atoms with E-state index in [0.29, 0.717) is 11.3 Å². The van der Waals surface area contributed by atoms with Crippen LogP contribution in [0.2, 0.25) is 0 Å². The second kappa shape index (κ2) is 6.41. The molecule has 2 amide bonds. The largest absolute Gasteiger partial charge is 0.478 e. The van der Waals surface area contributed by atoms with Gasteiger partial charge in [0.15, 0.2) is 0 Å². The third kappa shape index (κ3) is 3.73. The summed E-state index contributed by atoms with van der Waals surface area (Å²) in [5.41, 5.74) is 1.50. The summed E-state index contributed by atoms with van der Waals surface area (Å²) < 4.78 is 0. The van der Waals surface area contributed by atoms with Gasteiger partial charge < -0.3 is 15.7 Å². The maximum atomic E-state index is 11.9. The fourth-order valence-corrected chi connectivity index (χ4v) is 2.58. The van der Waals surface area contributed by atoms with Gasteiger partial charge in [0.2, 0.25) is 0 Å². The summed E-state index contributed by atoms with van der Waals surface area (Å²) in [6.07, 6.45) is 5.64. The van der Waals surface area contributed by atoms with Crippen molar-refractivity contribution < 1.29 is 14.7 Å². The van der Waals surface area contributed by atoms with Gasteiger partial charge >= 0.3 is 12.0 Å². The van der Waals surface area contributed by atoms with Crippen LogP contribution in [0.5, 0.6) is 0 Å². The lowest BCUT2D eigenvalue weighted by atomic mass is 9.96. The Hall–Kier alpha value is -2.04. The quantitative estimate of drug-likeness (QED) is 0.793. The van der Waals surface area contributed by atoms with Gasteiger partial charge in [0.1, 0.15) is 0 Å². The Morgan fingerprint density at radius 3 is 2.50 bits per heavy atom. The van der Waals surface area contributed by atoms with Crippen LogP contribution in [0.15, 0.2) is 18.2 Å². The molecule has 0 radical (unpaired) electrons. The van der Waals surface area contributed by atoms with E-state index in [1.165, 1.54) is 12.5 Å². The van der Waals surface area contributed by atoms with Gasteiger partial charge in [-0.25, -0.2) is 9.59 Å². The summed E-state index contributed by atoms with van der Waals surface area (Å²) in [5.74, 6) is -0.958. The number of carbonyl (C=O) groups excluding carboxylic acids is 1. The summed E-state index contributed by atoms with van der Waals surface area (Å²) >= 11 is 0. The lowest BCUT2D eigenvalue weighted by Crippen LogP contribution is -2.39. The van der Waals surface area contributed by atoms with Crippen molar-refractivity contribution in [2.45, 2.75) is 45.1 Å². The van der Waals surface area contributed by atoms with Crippen LogP contribution >= 0.6 is 0 Å². The van der Waals surface area contributed by atoms with Crippen LogP contribution in [0, 0.1) is 6.92 Å². The van der Waals surface area contributed by atoms with Crippen LogP contribution in [0.1, 0.15) is 48.0 Å². The molecule has 0 aliphatic heterocycles. The maximum Gasteiger partial charge on any atom is 0.335 e. The average molecular weight is 276 g/mol. The minimum atomic E-state index is -0.958. The molecular weight excluding hydrogens is 256 g/mol. The number of urea groups is 1. The molecule has 0 atom stereocenters. The van der Waals surface area contributed by atoms with Crippen LogP contribution in [0.4, 0.5) is 10.5 Å². The highest BCUT2D eigenvalue weighted by molar-refractivity contribution is 5.92. The summed E-state index contributed by atoms with van der Waals surface area (Å²) in [4.78, 5) is 22.8. The number of amides is 2. The number of aromatic carboxylic acids is 1. The molecule has 1 fully saturated rings. The zero-order valence-electron chi connectivity index (χ0n) is 11.6. The van der Waals surface area contributed by atoms with E-state index in [1.54, 1.807) is 19.1 Å². The number of carboxylic acid groups (broad SMARTS) is 1. The van der Waals surface area contributed by atoms with E-state index >= 15 is 0 Å². The highest BCUT2D eigenvalue weighted by atomic mass is 16.4. The topological polar surface area (TPSA) is 78.4 Å². The van der Waals surface area contributed by atoms with E-state index < -0.39 is 5.97 Å². The first kappa shape index (κ1) is 14.4. The van der Waals surface area contributed by atoms with E-state index in [9.17, 15) is 9.59 Å². The smallest absolute Gasteiger partial charge is 0.335 e. The van der Waals surface area contributed by atoms with E-state index in [2.05, 4.69) is 10.6 Å². The van der Waals surface area contributed by atoms with Gasteiger partial charge in [0, 0.05) is 11.7 Å². The average Bonchev–Trinajstić information content (AvgIpc) is 2.39. The van der Waals surface area contributed by atoms with E-state index in [4.69, 9.17) is 5.11 Å². The Kier molecular flexibility index (Phi) is 4.61. The van der Waals surface area contributed by atoms with Gasteiger partial charge in [-0.3, -0.25) is 0 Å². The standard InChI is InChI=1S/C15H20N2O3/c1-10-9-12(7-8-13(10)14(18)19)17-15(20)16-11-5-3-2-4-6-11/h7-9,11H,2-6H2,1H3,(H,18,19)(H2,16,17,20). The summed E-state index contributed by atoms with van der Waals surface area (Å²) in [5, 5.41) is 14.7. The molecule has 5 heteroatoms. The lowest BCUT2D eigenvalue weighted by molar-refractivity contribution is 0.0696. The van der Waals surface area contributed by atoms with Crippen LogP contribution in [0.25, 0.3) is 0 Å². The number of rotatable bonds is 3.